The summed E-state index contributed by atoms with van der Waals surface area (Å²) in [4.78, 5) is 24.9. The van der Waals surface area contributed by atoms with Crippen LogP contribution in [0, 0.1) is 0 Å². The number of methoxy groups -OCH3 is 1. The quantitative estimate of drug-likeness (QED) is 0.755. The lowest BCUT2D eigenvalue weighted by Crippen LogP contribution is -2.40. The van der Waals surface area contributed by atoms with Gasteiger partial charge in [0.15, 0.2) is 0 Å². The Hall–Kier alpha value is -1.84. The number of nitrogens with zero attached hydrogens (tertiary/aromatic N) is 1. The van der Waals surface area contributed by atoms with Crippen LogP contribution >= 0.6 is 0 Å². The van der Waals surface area contributed by atoms with Crippen LogP contribution in [-0.2, 0) is 20.7 Å². The van der Waals surface area contributed by atoms with Crippen molar-refractivity contribution < 1.29 is 14.3 Å². The molecule has 1 aromatic rings. The first-order valence-electron chi connectivity index (χ1n) is 6.13. The second kappa shape index (κ2) is 5.67. The molecule has 0 bridgehead atoms. The molecule has 96 valence electrons. The molecule has 0 spiro atoms. The van der Waals surface area contributed by atoms with Crippen LogP contribution in [-0.4, -0.2) is 36.5 Å². The predicted octanol–water partition coefficient (Wildman–Crippen LogP) is 1.39. The largest absolute Gasteiger partial charge is 0.467 e. The molecule has 1 amide bonds. The standard InChI is InChI=1S/C14H17NO3/c1-18-14(17)12-7-8-13(16)15(12)10-9-11-5-3-2-4-6-11/h2-6,12H,7-10H2,1H3. The maximum atomic E-state index is 11.7. The normalized spacial score (nSPS) is 19.1. The minimum Gasteiger partial charge on any atom is -0.467 e. The SMILES string of the molecule is COC(=O)C1CCC(=O)N1CCc1ccccc1. The van der Waals surface area contributed by atoms with E-state index in [4.69, 9.17) is 4.74 Å². The van der Waals surface area contributed by atoms with Crippen LogP contribution < -0.4 is 0 Å². The van der Waals surface area contributed by atoms with E-state index < -0.39 is 6.04 Å². The Kier molecular flexibility index (Phi) is 3.97. The molecule has 0 aromatic heterocycles. The van der Waals surface area contributed by atoms with Crippen molar-refractivity contribution in [3.63, 3.8) is 0 Å². The van der Waals surface area contributed by atoms with Crippen LogP contribution in [0.5, 0.6) is 0 Å². The fraction of sp³-hybridized carbons (Fsp3) is 0.429. The van der Waals surface area contributed by atoms with Gasteiger partial charge in [-0.3, -0.25) is 4.79 Å². The maximum Gasteiger partial charge on any atom is 0.328 e. The van der Waals surface area contributed by atoms with Gasteiger partial charge in [0, 0.05) is 13.0 Å². The van der Waals surface area contributed by atoms with Crippen molar-refractivity contribution in [2.24, 2.45) is 0 Å². The lowest BCUT2D eigenvalue weighted by atomic mass is 10.1. The van der Waals surface area contributed by atoms with E-state index in [9.17, 15) is 9.59 Å². The molecule has 1 fully saturated rings. The molecule has 4 heteroatoms. The highest BCUT2D eigenvalue weighted by atomic mass is 16.5. The minimum atomic E-state index is -0.397. The summed E-state index contributed by atoms with van der Waals surface area (Å²) in [7, 11) is 1.36. The zero-order valence-electron chi connectivity index (χ0n) is 10.5. The first kappa shape index (κ1) is 12.6. The Morgan fingerprint density at radius 3 is 2.78 bits per heavy atom. The number of hydrogen-bond donors (Lipinski definition) is 0. The first-order chi connectivity index (χ1) is 8.72. The van der Waals surface area contributed by atoms with Gasteiger partial charge in [0.1, 0.15) is 6.04 Å². The molecule has 0 radical (unpaired) electrons. The Bertz CT molecular complexity index is 430. The van der Waals surface area contributed by atoms with Crippen LogP contribution in [0.1, 0.15) is 18.4 Å². The van der Waals surface area contributed by atoms with Gasteiger partial charge >= 0.3 is 5.97 Å². The summed E-state index contributed by atoms with van der Waals surface area (Å²) in [6.07, 6.45) is 1.77. The molecular formula is C14H17NO3. The fourth-order valence-corrected chi connectivity index (χ4v) is 2.29. The highest BCUT2D eigenvalue weighted by Crippen LogP contribution is 2.20. The van der Waals surface area contributed by atoms with Crippen molar-refractivity contribution in [2.75, 3.05) is 13.7 Å². The summed E-state index contributed by atoms with van der Waals surface area (Å²) in [5.41, 5.74) is 1.17. The van der Waals surface area contributed by atoms with Crippen molar-refractivity contribution >= 4 is 11.9 Å². The maximum absolute atomic E-state index is 11.7. The van der Waals surface area contributed by atoms with Gasteiger partial charge in [-0.05, 0) is 18.4 Å². The Balaban J connectivity index is 1.98. The molecule has 2 rings (SSSR count). The van der Waals surface area contributed by atoms with Gasteiger partial charge in [-0.1, -0.05) is 30.3 Å². The predicted molar refractivity (Wildman–Crippen MR) is 66.9 cm³/mol. The summed E-state index contributed by atoms with van der Waals surface area (Å²) in [6.45, 7) is 0.572. The highest BCUT2D eigenvalue weighted by molar-refractivity contribution is 5.88. The van der Waals surface area contributed by atoms with Crippen LogP contribution in [0.15, 0.2) is 30.3 Å². The van der Waals surface area contributed by atoms with E-state index in [1.807, 2.05) is 30.3 Å². The van der Waals surface area contributed by atoms with Gasteiger partial charge < -0.3 is 9.64 Å². The Morgan fingerprint density at radius 2 is 2.11 bits per heavy atom. The summed E-state index contributed by atoms with van der Waals surface area (Å²) in [5, 5.41) is 0. The highest BCUT2D eigenvalue weighted by Gasteiger charge is 2.36. The number of benzene rings is 1. The number of ether oxygens (including phenoxy) is 1. The number of esters is 1. The molecule has 1 heterocycles. The van der Waals surface area contributed by atoms with Crippen LogP contribution in [0.25, 0.3) is 0 Å². The molecule has 0 aliphatic carbocycles. The number of hydrogen-bond acceptors (Lipinski definition) is 3. The summed E-state index contributed by atoms with van der Waals surface area (Å²) in [6, 6.07) is 9.55. The van der Waals surface area contributed by atoms with Crippen LogP contribution in [0.2, 0.25) is 0 Å². The lowest BCUT2D eigenvalue weighted by molar-refractivity contribution is -0.149. The zero-order valence-corrected chi connectivity index (χ0v) is 10.5. The third-order valence-electron chi connectivity index (χ3n) is 3.29. The number of amides is 1. The van der Waals surface area contributed by atoms with Gasteiger partial charge in [0.25, 0.3) is 0 Å². The van der Waals surface area contributed by atoms with Crippen molar-refractivity contribution in [2.45, 2.75) is 25.3 Å². The van der Waals surface area contributed by atoms with E-state index in [0.717, 1.165) is 6.42 Å². The third-order valence-corrected chi connectivity index (χ3v) is 3.29. The molecule has 1 aromatic carbocycles. The molecule has 0 N–H and O–H groups in total. The van der Waals surface area contributed by atoms with E-state index in [0.29, 0.717) is 19.4 Å². The topological polar surface area (TPSA) is 46.6 Å². The van der Waals surface area contributed by atoms with Crippen molar-refractivity contribution in [1.29, 1.82) is 0 Å². The number of carbonyl (C=O) groups is 2. The second-order valence-electron chi connectivity index (χ2n) is 4.40. The van der Waals surface area contributed by atoms with Gasteiger partial charge in [0.2, 0.25) is 5.91 Å². The average Bonchev–Trinajstić information content (AvgIpc) is 2.78. The summed E-state index contributed by atoms with van der Waals surface area (Å²) >= 11 is 0. The smallest absolute Gasteiger partial charge is 0.328 e. The van der Waals surface area contributed by atoms with Gasteiger partial charge in [-0.2, -0.15) is 0 Å². The molecule has 1 aliphatic rings. The van der Waals surface area contributed by atoms with Gasteiger partial charge in [0.05, 0.1) is 7.11 Å². The lowest BCUT2D eigenvalue weighted by Gasteiger charge is -2.22. The van der Waals surface area contributed by atoms with E-state index >= 15 is 0 Å². The monoisotopic (exact) mass is 247 g/mol. The Morgan fingerprint density at radius 1 is 1.39 bits per heavy atom. The van der Waals surface area contributed by atoms with Crippen molar-refractivity contribution in [3.05, 3.63) is 35.9 Å². The number of carbonyl (C=O) groups excluding carboxylic acids is 2. The minimum absolute atomic E-state index is 0.0429. The van der Waals surface area contributed by atoms with Gasteiger partial charge in [-0.15, -0.1) is 0 Å². The first-order valence-corrected chi connectivity index (χ1v) is 6.13. The average molecular weight is 247 g/mol. The van der Waals surface area contributed by atoms with E-state index in [1.54, 1.807) is 4.90 Å². The van der Waals surface area contributed by atoms with Gasteiger partial charge in [-0.25, -0.2) is 4.79 Å². The van der Waals surface area contributed by atoms with Crippen LogP contribution in [0.4, 0.5) is 0 Å². The molecule has 1 unspecified atom stereocenters. The fourth-order valence-electron chi connectivity index (χ4n) is 2.29. The molecule has 1 atom stereocenters. The summed E-state index contributed by atoms with van der Waals surface area (Å²) in [5.74, 6) is -0.268. The van der Waals surface area contributed by atoms with E-state index in [-0.39, 0.29) is 11.9 Å². The van der Waals surface area contributed by atoms with E-state index in [2.05, 4.69) is 0 Å². The third kappa shape index (κ3) is 2.70. The Labute approximate surface area is 107 Å². The molecule has 1 aliphatic heterocycles. The molecule has 1 saturated heterocycles. The van der Waals surface area contributed by atoms with Crippen molar-refractivity contribution in [3.8, 4) is 0 Å². The molecule has 4 nitrogen and oxygen atoms in total. The number of likely N-dealkylation sites (tertiary alicyclic amines) is 1. The van der Waals surface area contributed by atoms with Crippen LogP contribution in [0.3, 0.4) is 0 Å². The van der Waals surface area contributed by atoms with E-state index in [1.165, 1.54) is 12.7 Å². The molecular weight excluding hydrogens is 230 g/mol. The molecule has 0 saturated carbocycles. The zero-order chi connectivity index (χ0) is 13.0. The van der Waals surface area contributed by atoms with Crippen molar-refractivity contribution in [1.82, 2.24) is 4.90 Å². The number of rotatable bonds is 4. The second-order valence-corrected chi connectivity index (χ2v) is 4.40. The molecule has 18 heavy (non-hydrogen) atoms. The summed E-state index contributed by atoms with van der Waals surface area (Å²) < 4.78 is 4.73.